The van der Waals surface area contributed by atoms with Crippen molar-refractivity contribution >= 4 is 22.9 Å². The molecule has 0 bridgehead atoms. The Morgan fingerprint density at radius 1 is 1.07 bits per heavy atom. The first-order valence-electron chi connectivity index (χ1n) is 9.89. The van der Waals surface area contributed by atoms with Crippen molar-refractivity contribution in [3.05, 3.63) is 53.1 Å². The lowest BCUT2D eigenvalue weighted by molar-refractivity contribution is -0.124. The van der Waals surface area contributed by atoms with E-state index < -0.39 is 0 Å². The lowest BCUT2D eigenvalue weighted by Crippen LogP contribution is -2.42. The van der Waals surface area contributed by atoms with Gasteiger partial charge in [0.25, 0.3) is 0 Å². The van der Waals surface area contributed by atoms with Gasteiger partial charge in [0, 0.05) is 12.1 Å². The minimum atomic E-state index is -0.241. The lowest BCUT2D eigenvalue weighted by Gasteiger charge is -2.37. The summed E-state index contributed by atoms with van der Waals surface area (Å²) in [6.45, 7) is 8.53. The van der Waals surface area contributed by atoms with Crippen LogP contribution < -0.4 is 10.1 Å². The van der Waals surface area contributed by atoms with E-state index in [0.717, 1.165) is 34.8 Å². The van der Waals surface area contributed by atoms with Crippen molar-refractivity contribution in [2.75, 3.05) is 12.4 Å². The molecule has 1 N–H and O–H groups in total. The van der Waals surface area contributed by atoms with E-state index in [2.05, 4.69) is 45.1 Å². The molecule has 4 heteroatoms. The SMILES string of the molecule is COc1ccc(C2Nc3cc(C)c(C)cc3N=C3CC(C)(C)CC(=O)C32)cc1. The summed E-state index contributed by atoms with van der Waals surface area (Å²) >= 11 is 0. The van der Waals surface area contributed by atoms with Crippen LogP contribution in [0.4, 0.5) is 11.4 Å². The average molecular weight is 377 g/mol. The van der Waals surface area contributed by atoms with Gasteiger partial charge in [-0.1, -0.05) is 26.0 Å². The number of methoxy groups -OCH3 is 1. The molecule has 2 aromatic carbocycles. The zero-order valence-electron chi connectivity index (χ0n) is 17.3. The number of carbonyl (C=O) groups excluding carboxylic acids is 1. The van der Waals surface area contributed by atoms with Gasteiger partial charge in [-0.15, -0.1) is 0 Å². The molecule has 4 nitrogen and oxygen atoms in total. The normalized spacial score (nSPS) is 23.0. The van der Waals surface area contributed by atoms with Crippen LogP contribution in [-0.4, -0.2) is 18.6 Å². The molecular weight excluding hydrogens is 348 g/mol. The lowest BCUT2D eigenvalue weighted by atomic mass is 9.68. The fourth-order valence-corrected chi connectivity index (χ4v) is 4.42. The Labute approximate surface area is 167 Å². The number of nitrogens with one attached hydrogen (secondary N) is 1. The summed E-state index contributed by atoms with van der Waals surface area (Å²) in [5.74, 6) is 0.841. The monoisotopic (exact) mass is 376 g/mol. The fourth-order valence-electron chi connectivity index (χ4n) is 4.42. The number of ketones is 1. The maximum Gasteiger partial charge on any atom is 0.144 e. The Balaban J connectivity index is 1.86. The van der Waals surface area contributed by atoms with Crippen molar-refractivity contribution in [3.63, 3.8) is 0 Å². The molecule has 2 aromatic rings. The number of hydrogen-bond donors (Lipinski definition) is 1. The maximum atomic E-state index is 13.2. The van der Waals surface area contributed by atoms with Crippen molar-refractivity contribution in [2.45, 2.75) is 46.6 Å². The number of hydrogen-bond acceptors (Lipinski definition) is 4. The van der Waals surface area contributed by atoms with E-state index in [9.17, 15) is 4.79 Å². The summed E-state index contributed by atoms with van der Waals surface area (Å²) in [6, 6.07) is 12.2. The summed E-state index contributed by atoms with van der Waals surface area (Å²) in [5, 5.41) is 3.66. The predicted octanol–water partition coefficient (Wildman–Crippen LogP) is 5.56. The molecule has 0 aromatic heterocycles. The minimum Gasteiger partial charge on any atom is -0.497 e. The summed E-state index contributed by atoms with van der Waals surface area (Å²) in [4.78, 5) is 18.3. The summed E-state index contributed by atoms with van der Waals surface area (Å²) in [5.41, 5.74) is 6.39. The molecule has 2 unspecified atom stereocenters. The highest BCUT2D eigenvalue weighted by atomic mass is 16.5. The van der Waals surface area contributed by atoms with Gasteiger partial charge in [-0.25, -0.2) is 0 Å². The molecule has 1 heterocycles. The minimum absolute atomic E-state index is 0.0544. The predicted molar refractivity (Wildman–Crippen MR) is 114 cm³/mol. The topological polar surface area (TPSA) is 50.7 Å². The van der Waals surface area contributed by atoms with Gasteiger partial charge in [-0.2, -0.15) is 0 Å². The molecule has 0 spiro atoms. The van der Waals surface area contributed by atoms with Crippen molar-refractivity contribution in [3.8, 4) is 5.75 Å². The maximum absolute atomic E-state index is 13.2. The van der Waals surface area contributed by atoms with Crippen molar-refractivity contribution in [2.24, 2.45) is 16.3 Å². The molecule has 1 aliphatic carbocycles. The number of nitrogens with zero attached hydrogens (tertiary/aromatic N) is 1. The van der Waals surface area contributed by atoms with Crippen LogP contribution in [0.2, 0.25) is 0 Å². The third-order valence-electron chi connectivity index (χ3n) is 6.01. The molecule has 4 rings (SSSR count). The molecule has 1 fully saturated rings. The number of aliphatic imine (C=N–C) groups is 1. The molecule has 2 aliphatic rings. The fraction of sp³-hybridized carbons (Fsp3) is 0.417. The molecule has 1 saturated carbocycles. The second kappa shape index (κ2) is 6.77. The van der Waals surface area contributed by atoms with Gasteiger partial charge in [0.05, 0.1) is 30.4 Å². The Morgan fingerprint density at radius 3 is 2.43 bits per heavy atom. The third kappa shape index (κ3) is 3.32. The second-order valence-corrected chi connectivity index (χ2v) is 8.91. The van der Waals surface area contributed by atoms with Crippen molar-refractivity contribution < 1.29 is 9.53 Å². The molecule has 2 atom stereocenters. The van der Waals surface area contributed by atoms with Gasteiger partial charge in [-0.3, -0.25) is 9.79 Å². The molecule has 1 aliphatic heterocycles. The number of aryl methyl sites for hydroxylation is 2. The van der Waals surface area contributed by atoms with Crippen LogP contribution >= 0.6 is 0 Å². The van der Waals surface area contributed by atoms with E-state index in [-0.39, 0.29) is 23.2 Å². The molecule has 0 radical (unpaired) electrons. The van der Waals surface area contributed by atoms with E-state index in [1.165, 1.54) is 11.1 Å². The number of ether oxygens (including phenoxy) is 1. The Morgan fingerprint density at radius 2 is 1.75 bits per heavy atom. The van der Waals surface area contributed by atoms with Gasteiger partial charge >= 0.3 is 0 Å². The van der Waals surface area contributed by atoms with Gasteiger partial charge in [0.1, 0.15) is 11.5 Å². The summed E-state index contributed by atoms with van der Waals surface area (Å²) in [6.07, 6.45) is 1.42. The van der Waals surface area contributed by atoms with Gasteiger partial charge in [0.15, 0.2) is 0 Å². The largest absolute Gasteiger partial charge is 0.497 e. The molecule has 28 heavy (non-hydrogen) atoms. The van der Waals surface area contributed by atoms with E-state index in [1.54, 1.807) is 7.11 Å². The third-order valence-corrected chi connectivity index (χ3v) is 6.01. The highest BCUT2D eigenvalue weighted by molar-refractivity contribution is 6.10. The van der Waals surface area contributed by atoms with Gasteiger partial charge in [0.2, 0.25) is 0 Å². The number of anilines is 1. The Bertz CT molecular complexity index is 957. The van der Waals surface area contributed by atoms with Crippen LogP contribution in [0, 0.1) is 25.2 Å². The number of carbonyl (C=O) groups is 1. The van der Waals surface area contributed by atoms with Crippen LogP contribution in [0.15, 0.2) is 41.4 Å². The van der Waals surface area contributed by atoms with Gasteiger partial charge < -0.3 is 10.1 Å². The summed E-state index contributed by atoms with van der Waals surface area (Å²) < 4.78 is 5.31. The van der Waals surface area contributed by atoms with Crippen molar-refractivity contribution in [1.82, 2.24) is 0 Å². The first kappa shape index (κ1) is 18.7. The number of Topliss-reactive ketones (excluding diaryl/α,β-unsaturated/α-hetero) is 1. The van der Waals surface area contributed by atoms with E-state index in [1.807, 2.05) is 24.3 Å². The first-order valence-corrected chi connectivity index (χ1v) is 9.89. The van der Waals surface area contributed by atoms with Crippen LogP contribution in [0.25, 0.3) is 0 Å². The number of fused-ring (bicyclic) bond motifs is 2. The highest BCUT2D eigenvalue weighted by Crippen LogP contribution is 2.45. The first-order chi connectivity index (χ1) is 13.3. The standard InChI is InChI=1S/C24H28N2O2/c1-14-10-18-19(11-15(14)2)26-23(16-6-8-17(28-5)9-7-16)22-20(25-18)12-24(3,4)13-21(22)27/h6-11,22-23,26H,12-13H2,1-5H3. The van der Waals surface area contributed by atoms with Crippen LogP contribution in [0.3, 0.4) is 0 Å². The molecular formula is C24H28N2O2. The van der Waals surface area contributed by atoms with Crippen LogP contribution in [-0.2, 0) is 4.79 Å². The molecule has 0 saturated heterocycles. The zero-order valence-corrected chi connectivity index (χ0v) is 17.3. The number of benzene rings is 2. The van der Waals surface area contributed by atoms with Gasteiger partial charge in [-0.05, 0) is 66.6 Å². The second-order valence-electron chi connectivity index (χ2n) is 8.91. The Hall–Kier alpha value is -2.62. The van der Waals surface area contributed by atoms with E-state index >= 15 is 0 Å². The average Bonchev–Trinajstić information content (AvgIpc) is 2.78. The molecule has 146 valence electrons. The zero-order chi connectivity index (χ0) is 20.1. The quantitative estimate of drug-likeness (QED) is 0.747. The smallest absolute Gasteiger partial charge is 0.144 e. The summed E-state index contributed by atoms with van der Waals surface area (Å²) in [7, 11) is 1.66. The number of rotatable bonds is 2. The van der Waals surface area contributed by atoms with Crippen molar-refractivity contribution in [1.29, 1.82) is 0 Å². The van der Waals surface area contributed by atoms with Crippen LogP contribution in [0.5, 0.6) is 5.75 Å². The van der Waals surface area contributed by atoms with Crippen LogP contribution in [0.1, 0.15) is 49.4 Å². The van der Waals surface area contributed by atoms with E-state index in [4.69, 9.17) is 9.73 Å². The Kier molecular flexibility index (Phi) is 4.53. The van der Waals surface area contributed by atoms with E-state index in [0.29, 0.717) is 6.42 Å². The highest BCUT2D eigenvalue weighted by Gasteiger charge is 2.44. The molecule has 0 amide bonds.